The van der Waals surface area contributed by atoms with Crippen LogP contribution in [0, 0.1) is 0 Å². The Morgan fingerprint density at radius 1 is 0.625 bits per heavy atom. The van der Waals surface area contributed by atoms with E-state index in [4.69, 9.17) is 0 Å². The molecule has 3 aromatic rings. The molecule has 1 unspecified atom stereocenters. The molecule has 3 heteroatoms. The number of benzene rings is 3. The van der Waals surface area contributed by atoms with Gasteiger partial charge in [0, 0.05) is 9.79 Å². The first kappa shape index (κ1) is 17.2. The second-order valence-electron chi connectivity index (χ2n) is 5.45. The molecule has 3 rings (SSSR count). The van der Waals surface area contributed by atoms with Crippen molar-refractivity contribution >= 4 is 23.5 Å². The highest BCUT2D eigenvalue weighted by atomic mass is 32.2. The maximum absolute atomic E-state index is 10.6. The lowest BCUT2D eigenvalue weighted by Crippen LogP contribution is -2.06. The van der Waals surface area contributed by atoms with Gasteiger partial charge in [-0.25, -0.2) is 0 Å². The maximum atomic E-state index is 10.6. The second kappa shape index (κ2) is 8.97. The molecule has 0 saturated carbocycles. The highest BCUT2D eigenvalue weighted by Gasteiger charge is 2.18. The fourth-order valence-corrected chi connectivity index (χ4v) is 5.07. The number of aliphatic hydroxyl groups excluding tert-OH is 1. The van der Waals surface area contributed by atoms with Gasteiger partial charge in [0.25, 0.3) is 0 Å². The van der Waals surface area contributed by atoms with Gasteiger partial charge in [-0.05, 0) is 36.2 Å². The van der Waals surface area contributed by atoms with Gasteiger partial charge in [-0.15, -0.1) is 23.5 Å². The summed E-state index contributed by atoms with van der Waals surface area (Å²) in [5.74, 6) is 0. The van der Waals surface area contributed by atoms with Crippen molar-refractivity contribution in [2.45, 2.75) is 26.9 Å². The van der Waals surface area contributed by atoms with E-state index in [0.717, 1.165) is 5.56 Å². The molecule has 0 amide bonds. The minimum absolute atomic E-state index is 0.241. The Kier molecular flexibility index (Phi) is 6.41. The van der Waals surface area contributed by atoms with Gasteiger partial charge in [0.05, 0.1) is 10.7 Å². The summed E-state index contributed by atoms with van der Waals surface area (Å²) in [5, 5.41) is 10.6. The van der Waals surface area contributed by atoms with Crippen molar-refractivity contribution in [3.8, 4) is 0 Å². The van der Waals surface area contributed by atoms with Crippen LogP contribution in [0.5, 0.6) is 0 Å². The van der Waals surface area contributed by atoms with Gasteiger partial charge < -0.3 is 5.11 Å². The van der Waals surface area contributed by atoms with Crippen molar-refractivity contribution in [2.24, 2.45) is 0 Å². The first-order valence-corrected chi connectivity index (χ1v) is 9.73. The zero-order valence-electron chi connectivity index (χ0n) is 13.3. The molecule has 0 aliphatic heterocycles. The predicted molar refractivity (Wildman–Crippen MR) is 104 cm³/mol. The molecule has 1 atom stereocenters. The van der Waals surface area contributed by atoms with E-state index in [9.17, 15) is 5.11 Å². The van der Waals surface area contributed by atoms with Gasteiger partial charge in [-0.2, -0.15) is 0 Å². The van der Waals surface area contributed by atoms with Gasteiger partial charge in [0.2, 0.25) is 0 Å². The largest absolute Gasteiger partial charge is 0.388 e. The predicted octanol–water partition coefficient (Wildman–Crippen LogP) is 6.02. The first-order valence-electron chi connectivity index (χ1n) is 7.98. The molecule has 0 aromatic heterocycles. The lowest BCUT2D eigenvalue weighted by atomic mass is 10.1. The van der Waals surface area contributed by atoms with Crippen molar-refractivity contribution in [2.75, 3.05) is 0 Å². The van der Waals surface area contributed by atoms with E-state index in [-0.39, 0.29) is 4.58 Å². The fourth-order valence-electron chi connectivity index (χ4n) is 2.42. The summed E-state index contributed by atoms with van der Waals surface area (Å²) >= 11 is 3.62. The van der Waals surface area contributed by atoms with E-state index < -0.39 is 6.10 Å². The van der Waals surface area contributed by atoms with Crippen LogP contribution in [0.1, 0.15) is 18.1 Å². The average molecular weight is 353 g/mol. The number of rotatable bonds is 7. The van der Waals surface area contributed by atoms with Crippen LogP contribution in [0.3, 0.4) is 0 Å². The Balaban J connectivity index is 1.73. The summed E-state index contributed by atoms with van der Waals surface area (Å²) < 4.78 is 0.241. The number of hydrogen-bond donors (Lipinski definition) is 1. The minimum Gasteiger partial charge on any atom is -0.388 e. The van der Waals surface area contributed by atoms with Gasteiger partial charge >= 0.3 is 0 Å². The Morgan fingerprint density at radius 3 is 1.50 bits per heavy atom. The van der Waals surface area contributed by atoms with E-state index in [2.05, 4.69) is 48.5 Å². The molecule has 1 N–H and O–H groups in total. The smallest absolute Gasteiger partial charge is 0.0808 e. The third-order valence-corrected chi connectivity index (χ3v) is 6.20. The van der Waals surface area contributed by atoms with Crippen LogP contribution >= 0.6 is 23.5 Å². The second-order valence-corrected chi connectivity index (χ2v) is 8.30. The minimum atomic E-state index is -0.455. The monoisotopic (exact) mass is 352 g/mol. The molecule has 0 spiro atoms. The van der Waals surface area contributed by atoms with E-state index in [1.165, 1.54) is 9.79 Å². The van der Waals surface area contributed by atoms with E-state index in [1.807, 2.05) is 66.0 Å². The van der Waals surface area contributed by atoms with Crippen molar-refractivity contribution in [1.82, 2.24) is 0 Å². The van der Waals surface area contributed by atoms with Crippen LogP contribution in [0.4, 0.5) is 0 Å². The Labute approximate surface area is 152 Å². The van der Waals surface area contributed by atoms with Gasteiger partial charge in [0.15, 0.2) is 0 Å². The van der Waals surface area contributed by atoms with Gasteiger partial charge in [-0.1, -0.05) is 66.7 Å². The number of hydrogen-bond acceptors (Lipinski definition) is 3. The number of aliphatic hydroxyl groups is 1. The first-order chi connectivity index (χ1) is 11.8. The van der Waals surface area contributed by atoms with Crippen LogP contribution in [0.15, 0.2) is 101 Å². The molecule has 0 saturated heterocycles. The van der Waals surface area contributed by atoms with E-state index >= 15 is 0 Å². The average Bonchev–Trinajstić information content (AvgIpc) is 2.64. The molecule has 0 fully saturated rings. The summed E-state index contributed by atoms with van der Waals surface area (Å²) in [7, 11) is 0. The molecule has 0 heterocycles. The molecular formula is C21H20OS2. The molecule has 1 nitrogen and oxygen atoms in total. The van der Waals surface area contributed by atoms with Gasteiger partial charge in [0.1, 0.15) is 0 Å². The molecular weight excluding hydrogens is 332 g/mol. The van der Waals surface area contributed by atoms with Gasteiger partial charge in [-0.3, -0.25) is 0 Å². The zero-order chi connectivity index (χ0) is 16.6. The highest BCUT2D eigenvalue weighted by molar-refractivity contribution is 8.17. The topological polar surface area (TPSA) is 20.2 Å². The Morgan fingerprint density at radius 2 is 1.04 bits per heavy atom. The van der Waals surface area contributed by atoms with Crippen molar-refractivity contribution in [3.05, 3.63) is 96.6 Å². The normalized spacial score (nSPS) is 12.2. The lowest BCUT2D eigenvalue weighted by molar-refractivity contribution is 0.173. The molecule has 0 aliphatic rings. The Hall–Kier alpha value is -1.68. The summed E-state index contributed by atoms with van der Waals surface area (Å²) in [5.41, 5.74) is 0.977. The highest BCUT2D eigenvalue weighted by Crippen LogP contribution is 2.40. The maximum Gasteiger partial charge on any atom is 0.0808 e. The third-order valence-electron chi connectivity index (χ3n) is 3.62. The van der Waals surface area contributed by atoms with Crippen LogP contribution in [-0.4, -0.2) is 9.69 Å². The summed E-state index contributed by atoms with van der Waals surface area (Å²) in [6, 6.07) is 30.7. The summed E-state index contributed by atoms with van der Waals surface area (Å²) in [6.45, 7) is 0. The van der Waals surface area contributed by atoms with Crippen LogP contribution in [0.2, 0.25) is 0 Å². The van der Waals surface area contributed by atoms with Crippen LogP contribution in [0.25, 0.3) is 0 Å². The quantitative estimate of drug-likeness (QED) is 0.415. The zero-order valence-corrected chi connectivity index (χ0v) is 14.9. The van der Waals surface area contributed by atoms with Crippen LogP contribution < -0.4 is 0 Å². The summed E-state index contributed by atoms with van der Waals surface area (Å²) in [4.78, 5) is 2.46. The summed E-state index contributed by atoms with van der Waals surface area (Å²) in [6.07, 6.45) is 0.243. The fraction of sp³-hybridized carbons (Fsp3) is 0.143. The molecule has 0 radical (unpaired) electrons. The van der Waals surface area contributed by atoms with E-state index in [0.29, 0.717) is 6.42 Å². The van der Waals surface area contributed by atoms with Crippen molar-refractivity contribution < 1.29 is 5.11 Å². The molecule has 3 aromatic carbocycles. The molecule has 24 heavy (non-hydrogen) atoms. The van der Waals surface area contributed by atoms with Crippen molar-refractivity contribution in [3.63, 3.8) is 0 Å². The standard InChI is InChI=1S/C21H20OS2/c22-20(17-10-4-1-5-11-17)16-21(23-18-12-6-2-7-13-18)24-19-14-8-3-9-15-19/h1-15,20-22H,16H2. The van der Waals surface area contributed by atoms with Crippen molar-refractivity contribution in [1.29, 1.82) is 0 Å². The van der Waals surface area contributed by atoms with E-state index in [1.54, 1.807) is 0 Å². The lowest BCUT2D eigenvalue weighted by Gasteiger charge is -2.20. The molecule has 122 valence electrons. The Bertz CT molecular complexity index is 675. The SMILES string of the molecule is OC(CC(Sc1ccccc1)Sc1ccccc1)c1ccccc1. The third kappa shape index (κ3) is 5.17. The van der Waals surface area contributed by atoms with Crippen LogP contribution in [-0.2, 0) is 0 Å². The molecule has 0 bridgehead atoms. The molecule has 0 aliphatic carbocycles. The number of thioether (sulfide) groups is 2.